The molecule has 2 atom stereocenters. The van der Waals surface area contributed by atoms with Gasteiger partial charge >= 0.3 is 0 Å². The van der Waals surface area contributed by atoms with Crippen molar-refractivity contribution in [1.82, 2.24) is 5.32 Å². The molecule has 5 nitrogen and oxygen atoms in total. The van der Waals surface area contributed by atoms with Gasteiger partial charge in [0, 0.05) is 13.7 Å². The van der Waals surface area contributed by atoms with Crippen LogP contribution in [0.3, 0.4) is 0 Å². The fourth-order valence-corrected chi connectivity index (χ4v) is 2.95. The number of amides is 1. The Kier molecular flexibility index (Phi) is 4.60. The Morgan fingerprint density at radius 2 is 2.23 bits per heavy atom. The molecule has 1 N–H and O–H groups in total. The van der Waals surface area contributed by atoms with E-state index in [0.717, 1.165) is 5.56 Å². The van der Waals surface area contributed by atoms with Crippen LogP contribution < -0.4 is 14.8 Å². The van der Waals surface area contributed by atoms with E-state index in [4.69, 9.17) is 14.2 Å². The van der Waals surface area contributed by atoms with Crippen LogP contribution in [0.5, 0.6) is 11.5 Å². The third-order valence-electron chi connectivity index (χ3n) is 3.46. The number of thiophene rings is 1. The van der Waals surface area contributed by atoms with Gasteiger partial charge in [-0.1, -0.05) is 12.1 Å². The van der Waals surface area contributed by atoms with Crippen LogP contribution >= 0.6 is 11.3 Å². The first kappa shape index (κ1) is 14.9. The van der Waals surface area contributed by atoms with Gasteiger partial charge in [-0.15, -0.1) is 0 Å². The molecule has 2 aromatic rings. The quantitative estimate of drug-likeness (QED) is 0.919. The monoisotopic (exact) mass is 319 g/mol. The molecule has 1 amide bonds. The standard InChI is InChI=1S/C16H17NO4S/c1-19-14(11-6-7-22-10-11)8-17-16(18)15-9-20-12-4-2-3-5-13(12)21-15/h2-7,10,14-15H,8-9H2,1H3,(H,17,18)/t14-,15-/m1/s1. The van der Waals surface area contributed by atoms with E-state index in [2.05, 4.69) is 5.32 Å². The molecule has 0 unspecified atom stereocenters. The maximum atomic E-state index is 12.2. The van der Waals surface area contributed by atoms with Crippen molar-refractivity contribution in [3.63, 3.8) is 0 Å². The summed E-state index contributed by atoms with van der Waals surface area (Å²) >= 11 is 1.60. The molecule has 0 bridgehead atoms. The number of ether oxygens (including phenoxy) is 3. The van der Waals surface area contributed by atoms with Crippen LogP contribution in [-0.4, -0.2) is 32.3 Å². The first-order valence-corrected chi connectivity index (χ1v) is 7.93. The first-order valence-electron chi connectivity index (χ1n) is 6.99. The van der Waals surface area contributed by atoms with Gasteiger partial charge in [-0.25, -0.2) is 0 Å². The summed E-state index contributed by atoms with van der Waals surface area (Å²) in [5.74, 6) is 1.06. The highest BCUT2D eigenvalue weighted by molar-refractivity contribution is 7.07. The molecule has 116 valence electrons. The maximum absolute atomic E-state index is 12.2. The van der Waals surface area contributed by atoms with Gasteiger partial charge in [0.1, 0.15) is 12.7 Å². The van der Waals surface area contributed by atoms with E-state index in [-0.39, 0.29) is 18.6 Å². The Hall–Kier alpha value is -2.05. The smallest absolute Gasteiger partial charge is 0.264 e. The van der Waals surface area contributed by atoms with Crippen molar-refractivity contribution in [1.29, 1.82) is 0 Å². The Morgan fingerprint density at radius 1 is 1.41 bits per heavy atom. The molecule has 1 aliphatic rings. The van der Waals surface area contributed by atoms with Crippen LogP contribution in [-0.2, 0) is 9.53 Å². The van der Waals surface area contributed by atoms with E-state index in [1.807, 2.05) is 35.0 Å². The van der Waals surface area contributed by atoms with Crippen LogP contribution in [0.2, 0.25) is 0 Å². The molecule has 0 spiro atoms. The number of methoxy groups -OCH3 is 1. The van der Waals surface area contributed by atoms with Crippen molar-refractivity contribution in [3.05, 3.63) is 46.7 Å². The third kappa shape index (κ3) is 3.23. The molecule has 0 saturated carbocycles. The number of carbonyl (C=O) groups excluding carboxylic acids is 1. The van der Waals surface area contributed by atoms with Gasteiger partial charge in [0.05, 0.1) is 0 Å². The van der Waals surface area contributed by atoms with Crippen LogP contribution in [0.1, 0.15) is 11.7 Å². The Balaban J connectivity index is 1.57. The van der Waals surface area contributed by atoms with E-state index >= 15 is 0 Å². The van der Waals surface area contributed by atoms with Crippen molar-refractivity contribution >= 4 is 17.2 Å². The predicted octanol–water partition coefficient (Wildman–Crippen LogP) is 2.39. The summed E-state index contributed by atoms with van der Waals surface area (Å²) in [6, 6.07) is 9.31. The Labute approximate surface area is 132 Å². The molecule has 2 heterocycles. The van der Waals surface area contributed by atoms with Gasteiger partial charge in [0.2, 0.25) is 6.10 Å². The van der Waals surface area contributed by atoms with E-state index in [1.165, 1.54) is 0 Å². The zero-order valence-corrected chi connectivity index (χ0v) is 13.0. The van der Waals surface area contributed by atoms with Crippen molar-refractivity contribution in [3.8, 4) is 11.5 Å². The van der Waals surface area contributed by atoms with E-state index in [1.54, 1.807) is 24.5 Å². The predicted molar refractivity (Wildman–Crippen MR) is 83.4 cm³/mol. The average Bonchev–Trinajstić information content (AvgIpc) is 3.09. The number of carbonyl (C=O) groups is 1. The van der Waals surface area contributed by atoms with E-state index < -0.39 is 6.10 Å². The molecule has 1 aromatic heterocycles. The second-order valence-electron chi connectivity index (χ2n) is 4.89. The average molecular weight is 319 g/mol. The highest BCUT2D eigenvalue weighted by Gasteiger charge is 2.27. The molecule has 1 aromatic carbocycles. The molecule has 0 saturated heterocycles. The van der Waals surface area contributed by atoms with Gasteiger partial charge in [-0.2, -0.15) is 11.3 Å². The zero-order chi connectivity index (χ0) is 15.4. The molecule has 22 heavy (non-hydrogen) atoms. The van der Waals surface area contributed by atoms with Crippen LogP contribution in [0, 0.1) is 0 Å². The number of fused-ring (bicyclic) bond motifs is 1. The SMILES string of the molecule is CO[C@H](CNC(=O)[C@H]1COc2ccccc2O1)c1ccsc1. The lowest BCUT2D eigenvalue weighted by Gasteiger charge is -2.26. The van der Waals surface area contributed by atoms with Crippen molar-refractivity contribution in [2.45, 2.75) is 12.2 Å². The van der Waals surface area contributed by atoms with Crippen LogP contribution in [0.15, 0.2) is 41.1 Å². The lowest BCUT2D eigenvalue weighted by molar-refractivity contribution is -0.130. The lowest BCUT2D eigenvalue weighted by atomic mass is 10.2. The van der Waals surface area contributed by atoms with E-state index in [0.29, 0.717) is 18.0 Å². The maximum Gasteiger partial charge on any atom is 0.264 e. The zero-order valence-electron chi connectivity index (χ0n) is 12.2. The first-order chi connectivity index (χ1) is 10.8. The van der Waals surface area contributed by atoms with E-state index in [9.17, 15) is 4.79 Å². The summed E-state index contributed by atoms with van der Waals surface area (Å²) in [4.78, 5) is 12.2. The fraction of sp³-hybridized carbons (Fsp3) is 0.312. The normalized spacial score (nSPS) is 17.8. The number of rotatable bonds is 5. The minimum Gasteiger partial charge on any atom is -0.485 e. The summed E-state index contributed by atoms with van der Waals surface area (Å²) in [5, 5.41) is 6.85. The topological polar surface area (TPSA) is 56.8 Å². The summed E-state index contributed by atoms with van der Waals surface area (Å²) in [6.07, 6.45) is -0.804. The third-order valence-corrected chi connectivity index (χ3v) is 4.16. The number of benzene rings is 1. The van der Waals surface area contributed by atoms with Gasteiger partial charge in [-0.05, 0) is 34.5 Å². The number of hydrogen-bond donors (Lipinski definition) is 1. The van der Waals surface area contributed by atoms with Crippen LogP contribution in [0.4, 0.5) is 0 Å². The molecular formula is C16H17NO4S. The molecule has 6 heteroatoms. The minimum atomic E-state index is -0.644. The second-order valence-corrected chi connectivity index (χ2v) is 5.67. The molecular weight excluding hydrogens is 302 g/mol. The summed E-state index contributed by atoms with van der Waals surface area (Å²) < 4.78 is 16.6. The van der Waals surface area contributed by atoms with Gasteiger partial charge in [-0.3, -0.25) is 4.79 Å². The minimum absolute atomic E-state index is 0.160. The van der Waals surface area contributed by atoms with Crippen molar-refractivity contribution in [2.75, 3.05) is 20.3 Å². The molecule has 3 rings (SSSR count). The highest BCUT2D eigenvalue weighted by Crippen LogP contribution is 2.30. The van der Waals surface area contributed by atoms with Crippen molar-refractivity contribution < 1.29 is 19.0 Å². The lowest BCUT2D eigenvalue weighted by Crippen LogP contribution is -2.45. The van der Waals surface area contributed by atoms with Crippen molar-refractivity contribution in [2.24, 2.45) is 0 Å². The largest absolute Gasteiger partial charge is 0.485 e. The summed E-state index contributed by atoms with van der Waals surface area (Å²) in [5.41, 5.74) is 1.05. The molecule has 0 fully saturated rings. The number of para-hydroxylation sites is 2. The summed E-state index contributed by atoms with van der Waals surface area (Å²) in [6.45, 7) is 0.604. The van der Waals surface area contributed by atoms with Gasteiger partial charge in [0.25, 0.3) is 5.91 Å². The van der Waals surface area contributed by atoms with Gasteiger partial charge < -0.3 is 19.5 Å². The van der Waals surface area contributed by atoms with Gasteiger partial charge in [0.15, 0.2) is 11.5 Å². The Bertz CT molecular complexity index is 629. The number of hydrogen-bond acceptors (Lipinski definition) is 5. The molecule has 0 aliphatic carbocycles. The molecule has 0 radical (unpaired) electrons. The number of nitrogens with one attached hydrogen (secondary N) is 1. The second kappa shape index (κ2) is 6.81. The highest BCUT2D eigenvalue weighted by atomic mass is 32.1. The Morgan fingerprint density at radius 3 is 2.95 bits per heavy atom. The summed E-state index contributed by atoms with van der Waals surface area (Å²) in [7, 11) is 1.63. The van der Waals surface area contributed by atoms with Crippen LogP contribution in [0.25, 0.3) is 0 Å². The fourth-order valence-electron chi connectivity index (χ4n) is 2.25. The molecule has 1 aliphatic heterocycles.